The highest BCUT2D eigenvalue weighted by Gasteiger charge is 2.28. The number of hydrogen-bond acceptors (Lipinski definition) is 6. The van der Waals surface area contributed by atoms with Crippen molar-refractivity contribution in [1.82, 2.24) is 19.5 Å². The maximum Gasteiger partial charge on any atom is 0.419 e. The van der Waals surface area contributed by atoms with Gasteiger partial charge in [0.1, 0.15) is 0 Å². The molecule has 1 aromatic heterocycles. The van der Waals surface area contributed by atoms with Crippen molar-refractivity contribution in [3.63, 3.8) is 0 Å². The van der Waals surface area contributed by atoms with Crippen LogP contribution in [0.5, 0.6) is 0 Å². The smallest absolute Gasteiger partial charge is 0.408 e. The molecule has 0 radical (unpaired) electrons. The molecule has 2 N–H and O–H groups in total. The van der Waals surface area contributed by atoms with Crippen molar-refractivity contribution in [2.75, 3.05) is 19.6 Å². The van der Waals surface area contributed by atoms with Crippen molar-refractivity contribution in [3.05, 3.63) is 64.6 Å². The molecule has 2 aromatic carbocycles. The Morgan fingerprint density at radius 3 is 2.44 bits per heavy atom. The molecule has 1 fully saturated rings. The van der Waals surface area contributed by atoms with Crippen molar-refractivity contribution >= 4 is 32.9 Å². The summed E-state index contributed by atoms with van der Waals surface area (Å²) >= 11 is 0. The topological polar surface area (TPSA) is 131 Å². The van der Waals surface area contributed by atoms with E-state index in [0.29, 0.717) is 25.2 Å². The molecular weight excluding hydrogens is 460 g/mol. The molecular formula is C23H26N4O6S. The van der Waals surface area contributed by atoms with E-state index in [0.717, 1.165) is 18.4 Å². The molecule has 11 heteroatoms. The summed E-state index contributed by atoms with van der Waals surface area (Å²) in [6.45, 7) is 1.17. The Morgan fingerprint density at radius 1 is 0.971 bits per heavy atom. The second-order valence-electron chi connectivity index (χ2n) is 8.05. The molecule has 0 unspecified atom stereocenters. The molecule has 1 aliphatic heterocycles. The molecule has 10 nitrogen and oxygen atoms in total. The van der Waals surface area contributed by atoms with Gasteiger partial charge in [0.25, 0.3) is 0 Å². The van der Waals surface area contributed by atoms with Gasteiger partial charge in [-0.1, -0.05) is 30.3 Å². The normalized spacial score (nSPS) is 14.4. The fraction of sp³-hybridized carbons (Fsp3) is 0.348. The Balaban J connectivity index is 1.33. The Morgan fingerprint density at radius 2 is 1.71 bits per heavy atom. The number of amides is 2. The van der Waals surface area contributed by atoms with E-state index in [-0.39, 0.29) is 35.9 Å². The average Bonchev–Trinajstić information content (AvgIpc) is 3.48. The summed E-state index contributed by atoms with van der Waals surface area (Å²) in [6.07, 6.45) is 1.60. The second kappa shape index (κ2) is 10.2. The number of benzene rings is 2. The first-order valence-electron chi connectivity index (χ1n) is 11.1. The molecule has 0 saturated carbocycles. The number of rotatable bonds is 9. The lowest BCUT2D eigenvalue weighted by Crippen LogP contribution is -2.37. The first-order valence-corrected chi connectivity index (χ1v) is 12.5. The number of oxazole rings is 1. The van der Waals surface area contributed by atoms with Gasteiger partial charge in [-0.2, -0.15) is 4.31 Å². The van der Waals surface area contributed by atoms with Crippen LogP contribution in [0.2, 0.25) is 0 Å². The summed E-state index contributed by atoms with van der Waals surface area (Å²) in [7, 11) is -3.64. The Labute approximate surface area is 196 Å². The maximum absolute atomic E-state index is 12.8. The van der Waals surface area contributed by atoms with Crippen LogP contribution in [0, 0.1) is 0 Å². The van der Waals surface area contributed by atoms with Crippen LogP contribution in [0.25, 0.3) is 11.1 Å². The SMILES string of the molecule is O=C(CCn1c(=O)oc2cc(S(=O)(=O)N3CCCC3)ccc21)NCC(=O)NCc1ccccc1. The van der Waals surface area contributed by atoms with Gasteiger partial charge in [-0.15, -0.1) is 0 Å². The molecule has 1 aliphatic rings. The summed E-state index contributed by atoms with van der Waals surface area (Å²) in [4.78, 5) is 36.5. The molecule has 1 saturated heterocycles. The minimum Gasteiger partial charge on any atom is -0.408 e. The van der Waals surface area contributed by atoms with E-state index in [9.17, 15) is 22.8 Å². The Kier molecular flexibility index (Phi) is 7.13. The third-order valence-electron chi connectivity index (χ3n) is 5.68. The van der Waals surface area contributed by atoms with E-state index in [1.54, 1.807) is 0 Å². The van der Waals surface area contributed by atoms with Gasteiger partial charge in [-0.25, -0.2) is 13.2 Å². The lowest BCUT2D eigenvalue weighted by atomic mass is 10.2. The minimum atomic E-state index is -3.64. The molecule has 34 heavy (non-hydrogen) atoms. The van der Waals surface area contributed by atoms with Gasteiger partial charge in [0.15, 0.2) is 5.58 Å². The fourth-order valence-corrected chi connectivity index (χ4v) is 5.37. The first-order chi connectivity index (χ1) is 16.3. The summed E-state index contributed by atoms with van der Waals surface area (Å²) < 4.78 is 33.4. The standard InChI is InChI=1S/C23H26N4O6S/c28-21(25-16-22(29)24-15-17-6-2-1-3-7-17)10-13-27-19-9-8-18(14-20(19)33-23(27)30)34(31,32)26-11-4-5-12-26/h1-3,6-9,14H,4-5,10-13,15-16H2,(H,24,29)(H,25,28). The molecule has 3 aromatic rings. The molecule has 0 bridgehead atoms. The fourth-order valence-electron chi connectivity index (χ4n) is 3.84. The summed E-state index contributed by atoms with van der Waals surface area (Å²) in [5, 5.41) is 5.25. The van der Waals surface area contributed by atoms with Gasteiger partial charge in [0, 0.05) is 38.7 Å². The Bertz CT molecular complexity index is 1340. The van der Waals surface area contributed by atoms with Crippen LogP contribution in [0.1, 0.15) is 24.8 Å². The van der Waals surface area contributed by atoms with E-state index in [1.807, 2.05) is 30.3 Å². The summed E-state index contributed by atoms with van der Waals surface area (Å²) in [5.41, 5.74) is 1.49. The molecule has 180 valence electrons. The average molecular weight is 487 g/mol. The van der Waals surface area contributed by atoms with Gasteiger partial charge in [0.2, 0.25) is 21.8 Å². The van der Waals surface area contributed by atoms with Gasteiger partial charge >= 0.3 is 5.76 Å². The number of sulfonamides is 1. The highest BCUT2D eigenvalue weighted by molar-refractivity contribution is 7.89. The Hall–Kier alpha value is -3.44. The first kappa shape index (κ1) is 23.7. The van der Waals surface area contributed by atoms with Gasteiger partial charge < -0.3 is 15.1 Å². The highest BCUT2D eigenvalue weighted by atomic mass is 32.2. The zero-order valence-corrected chi connectivity index (χ0v) is 19.3. The quantitative estimate of drug-likeness (QED) is 0.467. The van der Waals surface area contributed by atoms with E-state index < -0.39 is 21.7 Å². The number of carbonyl (C=O) groups excluding carboxylic acids is 2. The van der Waals surface area contributed by atoms with Crippen molar-refractivity contribution in [1.29, 1.82) is 0 Å². The van der Waals surface area contributed by atoms with Crippen molar-refractivity contribution in [3.8, 4) is 0 Å². The van der Waals surface area contributed by atoms with Gasteiger partial charge in [-0.05, 0) is 30.5 Å². The number of carbonyl (C=O) groups is 2. The number of aryl methyl sites for hydroxylation is 1. The van der Waals surface area contributed by atoms with Crippen LogP contribution in [0.3, 0.4) is 0 Å². The predicted octanol–water partition coefficient (Wildman–Crippen LogP) is 1.20. The van der Waals surface area contributed by atoms with Crippen LogP contribution in [0.15, 0.2) is 62.6 Å². The summed E-state index contributed by atoms with van der Waals surface area (Å²) in [5.74, 6) is -1.40. The molecule has 2 amide bonds. The molecule has 0 spiro atoms. The number of hydrogen-bond donors (Lipinski definition) is 2. The third kappa shape index (κ3) is 5.37. The highest BCUT2D eigenvalue weighted by Crippen LogP contribution is 2.24. The van der Waals surface area contributed by atoms with E-state index in [1.165, 1.54) is 27.1 Å². The van der Waals surface area contributed by atoms with Crippen molar-refractivity contribution in [2.45, 2.75) is 37.2 Å². The lowest BCUT2D eigenvalue weighted by molar-refractivity contribution is -0.126. The van der Waals surface area contributed by atoms with Crippen LogP contribution >= 0.6 is 0 Å². The molecule has 2 heterocycles. The summed E-state index contributed by atoms with van der Waals surface area (Å²) in [6, 6.07) is 13.7. The molecule has 4 rings (SSSR count). The predicted molar refractivity (Wildman–Crippen MR) is 124 cm³/mol. The van der Waals surface area contributed by atoms with Gasteiger partial charge in [0.05, 0.1) is 17.0 Å². The third-order valence-corrected chi connectivity index (χ3v) is 7.58. The van der Waals surface area contributed by atoms with E-state index in [4.69, 9.17) is 4.42 Å². The van der Waals surface area contributed by atoms with Crippen LogP contribution < -0.4 is 16.4 Å². The van der Waals surface area contributed by atoms with E-state index >= 15 is 0 Å². The zero-order chi connectivity index (χ0) is 24.1. The van der Waals surface area contributed by atoms with Crippen LogP contribution in [-0.4, -0.2) is 48.7 Å². The molecule has 0 atom stereocenters. The molecule has 0 aliphatic carbocycles. The minimum absolute atomic E-state index is 0.0293. The largest absolute Gasteiger partial charge is 0.419 e. The van der Waals surface area contributed by atoms with Crippen molar-refractivity contribution < 1.29 is 22.4 Å². The van der Waals surface area contributed by atoms with E-state index in [2.05, 4.69) is 10.6 Å². The number of fused-ring (bicyclic) bond motifs is 1. The number of nitrogens with zero attached hydrogens (tertiary/aromatic N) is 2. The monoisotopic (exact) mass is 486 g/mol. The lowest BCUT2D eigenvalue weighted by Gasteiger charge is -2.15. The van der Waals surface area contributed by atoms with Crippen molar-refractivity contribution in [2.24, 2.45) is 0 Å². The maximum atomic E-state index is 12.8. The zero-order valence-electron chi connectivity index (χ0n) is 18.5. The van der Waals surface area contributed by atoms with Gasteiger partial charge in [-0.3, -0.25) is 14.2 Å². The number of aromatic nitrogens is 1. The van der Waals surface area contributed by atoms with Crippen LogP contribution in [-0.2, 0) is 32.7 Å². The number of nitrogens with one attached hydrogen (secondary N) is 2. The van der Waals surface area contributed by atoms with Crippen LogP contribution in [0.4, 0.5) is 0 Å². The second-order valence-corrected chi connectivity index (χ2v) is 9.99.